The molecule has 3 saturated heterocycles. The zero-order chi connectivity index (χ0) is 15.3. The van der Waals surface area contributed by atoms with E-state index in [1.807, 2.05) is 30.3 Å². The second-order valence-electron chi connectivity index (χ2n) is 7.27. The summed E-state index contributed by atoms with van der Waals surface area (Å²) in [5.41, 5.74) is 0.398. The molecule has 1 aromatic rings. The number of nitrogens with zero attached hydrogens (tertiary/aromatic N) is 2. The summed E-state index contributed by atoms with van der Waals surface area (Å²) >= 11 is 0. The van der Waals surface area contributed by atoms with Gasteiger partial charge in [-0.05, 0) is 30.4 Å². The quantitative estimate of drug-likeness (QED) is 0.862. The van der Waals surface area contributed by atoms with Gasteiger partial charge in [0.2, 0.25) is 6.29 Å². The predicted octanol–water partition coefficient (Wildman–Crippen LogP) is 2.01. The third-order valence-electron chi connectivity index (χ3n) is 5.35. The summed E-state index contributed by atoms with van der Waals surface area (Å²) in [7, 11) is 2.18. The molecule has 0 aromatic heterocycles. The van der Waals surface area contributed by atoms with E-state index in [2.05, 4.69) is 36.2 Å². The topological polar surface area (TPSA) is 40.3 Å². The van der Waals surface area contributed by atoms with Gasteiger partial charge in [0, 0.05) is 19.6 Å². The van der Waals surface area contributed by atoms with Crippen LogP contribution in [0, 0.1) is 5.41 Å². The Bertz CT molecular complexity index is 536. The smallest absolute Gasteiger partial charge is 0.241 e. The summed E-state index contributed by atoms with van der Waals surface area (Å²) in [6.45, 7) is 5.91. The van der Waals surface area contributed by atoms with Gasteiger partial charge in [-0.3, -0.25) is 5.32 Å². The van der Waals surface area contributed by atoms with Crippen LogP contribution < -0.4 is 10.1 Å². The number of hydrogen-bond acceptors (Lipinski definition) is 5. The molecule has 4 atom stereocenters. The maximum Gasteiger partial charge on any atom is 0.241 e. The molecule has 4 unspecified atom stereocenters. The first-order valence-corrected chi connectivity index (χ1v) is 8.17. The minimum atomic E-state index is -0.167. The van der Waals surface area contributed by atoms with Gasteiger partial charge in [-0.25, -0.2) is 10.0 Å². The van der Waals surface area contributed by atoms with Gasteiger partial charge in [0.1, 0.15) is 5.75 Å². The number of epoxide rings is 1. The van der Waals surface area contributed by atoms with Crippen molar-refractivity contribution in [1.82, 2.24) is 15.3 Å². The Labute approximate surface area is 132 Å². The van der Waals surface area contributed by atoms with E-state index in [0.29, 0.717) is 17.6 Å². The van der Waals surface area contributed by atoms with Gasteiger partial charge in [0.05, 0.1) is 6.17 Å². The van der Waals surface area contributed by atoms with Crippen molar-refractivity contribution in [3.05, 3.63) is 30.3 Å². The number of fused-ring (bicyclic) bond motifs is 1. The molecule has 5 nitrogen and oxygen atoms in total. The number of nitrogens with one attached hydrogen (secondary N) is 1. The summed E-state index contributed by atoms with van der Waals surface area (Å²) in [5, 5.41) is 8.43. The molecule has 3 heterocycles. The first-order chi connectivity index (χ1) is 10.5. The lowest BCUT2D eigenvalue weighted by molar-refractivity contribution is 0.00177. The van der Waals surface area contributed by atoms with Crippen LogP contribution in [0.1, 0.15) is 26.7 Å². The van der Waals surface area contributed by atoms with E-state index in [0.717, 1.165) is 18.7 Å². The Morgan fingerprint density at radius 2 is 2.05 bits per heavy atom. The Balaban J connectivity index is 1.32. The van der Waals surface area contributed by atoms with Gasteiger partial charge >= 0.3 is 0 Å². The average molecular weight is 303 g/mol. The maximum atomic E-state index is 5.80. The van der Waals surface area contributed by atoms with Crippen molar-refractivity contribution < 1.29 is 9.47 Å². The van der Waals surface area contributed by atoms with Crippen molar-refractivity contribution >= 4 is 0 Å². The van der Waals surface area contributed by atoms with Crippen molar-refractivity contribution in [3.8, 4) is 5.75 Å². The van der Waals surface area contributed by atoms with Crippen LogP contribution >= 0.6 is 0 Å². The highest BCUT2D eigenvalue weighted by Gasteiger charge is 2.52. The molecule has 0 radical (unpaired) electrons. The van der Waals surface area contributed by atoms with Gasteiger partial charge in [-0.15, -0.1) is 0 Å². The summed E-state index contributed by atoms with van der Waals surface area (Å²) in [5.74, 6) is 0.860. The minimum absolute atomic E-state index is 0.00389. The molecule has 0 amide bonds. The second-order valence-corrected chi connectivity index (χ2v) is 7.27. The van der Waals surface area contributed by atoms with E-state index < -0.39 is 0 Å². The summed E-state index contributed by atoms with van der Waals surface area (Å²) < 4.78 is 11.4. The molecule has 0 aliphatic carbocycles. The molecule has 3 fully saturated rings. The first kappa shape index (κ1) is 14.5. The summed E-state index contributed by atoms with van der Waals surface area (Å²) in [6, 6.07) is 10.5. The molecule has 1 N–H and O–H groups in total. The van der Waals surface area contributed by atoms with E-state index in [4.69, 9.17) is 9.47 Å². The standard InChI is InChI=1S/C17H25N3O2/c1-17(2)9-10-20-13(17)11-14(19(20)3)18-15-16(22-15)21-12-7-5-4-6-8-12/h4-8,13-16,18H,9-11H2,1-3H3. The Morgan fingerprint density at radius 1 is 1.27 bits per heavy atom. The van der Waals surface area contributed by atoms with E-state index in [-0.39, 0.29) is 12.5 Å². The van der Waals surface area contributed by atoms with Crippen molar-refractivity contribution in [3.63, 3.8) is 0 Å². The zero-order valence-electron chi connectivity index (χ0n) is 13.5. The number of rotatable bonds is 4. The Kier molecular flexibility index (Phi) is 3.42. The fraction of sp³-hybridized carbons (Fsp3) is 0.647. The SMILES string of the molecule is CN1C(NC2OC2Oc2ccccc2)CC2N1CCC2(C)C. The highest BCUT2D eigenvalue weighted by atomic mass is 16.8. The third-order valence-corrected chi connectivity index (χ3v) is 5.35. The number of ether oxygens (including phenoxy) is 2. The lowest BCUT2D eigenvalue weighted by Crippen LogP contribution is -2.46. The van der Waals surface area contributed by atoms with Crippen LogP contribution in [-0.4, -0.2) is 48.3 Å². The first-order valence-electron chi connectivity index (χ1n) is 8.17. The van der Waals surface area contributed by atoms with Gasteiger partial charge in [0.25, 0.3) is 0 Å². The molecule has 22 heavy (non-hydrogen) atoms. The molecule has 0 spiro atoms. The monoisotopic (exact) mass is 303 g/mol. The van der Waals surface area contributed by atoms with Crippen LogP contribution in [-0.2, 0) is 4.74 Å². The number of hydrogen-bond donors (Lipinski definition) is 1. The van der Waals surface area contributed by atoms with Gasteiger partial charge in [-0.2, -0.15) is 0 Å². The maximum absolute atomic E-state index is 5.80. The van der Waals surface area contributed by atoms with Crippen molar-refractivity contribution in [1.29, 1.82) is 0 Å². The molecule has 1 aromatic carbocycles. The highest BCUT2D eigenvalue weighted by molar-refractivity contribution is 5.21. The highest BCUT2D eigenvalue weighted by Crippen LogP contribution is 2.43. The van der Waals surface area contributed by atoms with Gasteiger partial charge < -0.3 is 9.47 Å². The minimum Gasteiger partial charge on any atom is -0.461 e. The normalized spacial score (nSPS) is 37.2. The number of benzene rings is 1. The largest absolute Gasteiger partial charge is 0.461 e. The van der Waals surface area contributed by atoms with Crippen molar-refractivity contribution in [2.24, 2.45) is 5.41 Å². The fourth-order valence-electron chi connectivity index (χ4n) is 3.80. The lowest BCUT2D eigenvalue weighted by atomic mass is 9.83. The molecule has 120 valence electrons. The van der Waals surface area contributed by atoms with Crippen LogP contribution in [0.2, 0.25) is 0 Å². The molecule has 0 bridgehead atoms. The van der Waals surface area contributed by atoms with Crippen LogP contribution in [0.15, 0.2) is 30.3 Å². The molecular weight excluding hydrogens is 278 g/mol. The summed E-state index contributed by atoms with van der Waals surface area (Å²) in [6.07, 6.45) is 2.57. The molecule has 0 saturated carbocycles. The van der Waals surface area contributed by atoms with Crippen molar-refractivity contribution in [2.45, 2.75) is 51.4 Å². The molecule has 4 rings (SSSR count). The van der Waals surface area contributed by atoms with Crippen molar-refractivity contribution in [2.75, 3.05) is 13.6 Å². The zero-order valence-corrected chi connectivity index (χ0v) is 13.5. The number of para-hydroxylation sites is 1. The average Bonchev–Trinajstić information content (AvgIpc) is 3.03. The van der Waals surface area contributed by atoms with E-state index >= 15 is 0 Å². The Hall–Kier alpha value is -1.14. The van der Waals surface area contributed by atoms with Crippen LogP contribution in [0.25, 0.3) is 0 Å². The molecule has 5 heteroatoms. The third kappa shape index (κ3) is 2.52. The second kappa shape index (κ2) is 5.20. The molecule has 3 aliphatic rings. The van der Waals surface area contributed by atoms with Gasteiger partial charge in [0.15, 0.2) is 6.23 Å². The van der Waals surface area contributed by atoms with Gasteiger partial charge in [-0.1, -0.05) is 32.0 Å². The summed E-state index contributed by atoms with van der Waals surface area (Å²) in [4.78, 5) is 0. The van der Waals surface area contributed by atoms with E-state index in [1.165, 1.54) is 6.42 Å². The number of hydrazine groups is 1. The predicted molar refractivity (Wildman–Crippen MR) is 83.9 cm³/mol. The van der Waals surface area contributed by atoms with E-state index in [9.17, 15) is 0 Å². The molecule has 3 aliphatic heterocycles. The van der Waals surface area contributed by atoms with Crippen LogP contribution in [0.4, 0.5) is 0 Å². The lowest BCUT2D eigenvalue weighted by Gasteiger charge is -2.29. The Morgan fingerprint density at radius 3 is 2.77 bits per heavy atom. The van der Waals surface area contributed by atoms with Crippen LogP contribution in [0.3, 0.4) is 0 Å². The van der Waals surface area contributed by atoms with E-state index in [1.54, 1.807) is 0 Å². The molecular formula is C17H25N3O2. The van der Waals surface area contributed by atoms with Crippen LogP contribution in [0.5, 0.6) is 5.75 Å². The fourth-order valence-corrected chi connectivity index (χ4v) is 3.80.